The molecule has 0 spiro atoms. The highest BCUT2D eigenvalue weighted by atomic mass is 15.2. The van der Waals surface area contributed by atoms with E-state index in [1.165, 1.54) is 5.39 Å². The fourth-order valence-electron chi connectivity index (χ4n) is 1.73. The minimum absolute atomic E-state index is 0.240. The summed E-state index contributed by atoms with van der Waals surface area (Å²) in [6, 6.07) is 13.9. The van der Waals surface area contributed by atoms with Crippen LogP contribution in [0.15, 0.2) is 42.5 Å². The Morgan fingerprint density at radius 1 is 1.13 bits per heavy atom. The number of hydrogen-bond acceptors (Lipinski definition) is 2. The lowest BCUT2D eigenvalue weighted by molar-refractivity contribution is 0.678. The lowest BCUT2D eigenvalue weighted by atomic mass is 9.99. The second-order valence-electron chi connectivity index (χ2n) is 3.33. The summed E-state index contributed by atoms with van der Waals surface area (Å²) in [7, 11) is 0. The Hall–Kier alpha value is -1.82. The molecule has 2 aromatic carbocycles. The normalized spacial score (nSPS) is 12.3. The molecule has 2 heteroatoms. The third kappa shape index (κ3) is 1.71. The quantitative estimate of drug-likeness (QED) is 0.438. The standard InChI is InChI=1S/C13H12N2/c1-2-13(15-14)12-9-5-7-10-6-3-4-8-11(10)12/h1,3-9,13,15H,14H2. The minimum atomic E-state index is -0.240. The molecule has 0 heterocycles. The highest BCUT2D eigenvalue weighted by molar-refractivity contribution is 5.86. The number of nitrogens with two attached hydrogens (primary N) is 1. The van der Waals surface area contributed by atoms with Gasteiger partial charge in [-0.2, -0.15) is 0 Å². The number of fused-ring (bicyclic) bond motifs is 1. The zero-order valence-corrected chi connectivity index (χ0v) is 8.27. The molecule has 0 aliphatic rings. The summed E-state index contributed by atoms with van der Waals surface area (Å²) < 4.78 is 0. The summed E-state index contributed by atoms with van der Waals surface area (Å²) >= 11 is 0. The van der Waals surface area contributed by atoms with Crippen LogP contribution >= 0.6 is 0 Å². The van der Waals surface area contributed by atoms with Crippen molar-refractivity contribution < 1.29 is 0 Å². The van der Waals surface area contributed by atoms with Crippen LogP contribution in [0.3, 0.4) is 0 Å². The molecule has 2 rings (SSSR count). The maximum Gasteiger partial charge on any atom is 0.107 e. The molecule has 1 atom stereocenters. The third-order valence-electron chi connectivity index (χ3n) is 2.47. The van der Waals surface area contributed by atoms with E-state index < -0.39 is 0 Å². The molecule has 2 nitrogen and oxygen atoms in total. The molecule has 2 aromatic rings. The van der Waals surface area contributed by atoms with E-state index in [1.54, 1.807) is 0 Å². The van der Waals surface area contributed by atoms with E-state index in [0.717, 1.165) is 10.9 Å². The molecule has 0 amide bonds. The van der Waals surface area contributed by atoms with Crippen LogP contribution < -0.4 is 11.3 Å². The molecule has 74 valence electrons. The van der Waals surface area contributed by atoms with Crippen LogP contribution in [0.25, 0.3) is 10.8 Å². The average Bonchev–Trinajstić information content (AvgIpc) is 2.31. The zero-order valence-electron chi connectivity index (χ0n) is 8.27. The van der Waals surface area contributed by atoms with Gasteiger partial charge in [-0.05, 0) is 16.3 Å². The molecular weight excluding hydrogens is 184 g/mol. The lowest BCUT2D eigenvalue weighted by Crippen LogP contribution is -2.26. The topological polar surface area (TPSA) is 38.0 Å². The minimum Gasteiger partial charge on any atom is -0.270 e. The number of hydrazine groups is 1. The maximum atomic E-state index is 5.41. The van der Waals surface area contributed by atoms with Crippen molar-refractivity contribution in [3.05, 3.63) is 48.0 Å². The Morgan fingerprint density at radius 2 is 1.87 bits per heavy atom. The van der Waals surface area contributed by atoms with Crippen molar-refractivity contribution in [1.82, 2.24) is 5.43 Å². The van der Waals surface area contributed by atoms with Gasteiger partial charge in [0.05, 0.1) is 0 Å². The monoisotopic (exact) mass is 196 g/mol. The summed E-state index contributed by atoms with van der Waals surface area (Å²) in [4.78, 5) is 0. The first-order valence-corrected chi connectivity index (χ1v) is 4.76. The van der Waals surface area contributed by atoms with Crippen LogP contribution in [-0.4, -0.2) is 0 Å². The molecule has 1 unspecified atom stereocenters. The van der Waals surface area contributed by atoms with E-state index in [4.69, 9.17) is 12.3 Å². The summed E-state index contributed by atoms with van der Waals surface area (Å²) in [5.74, 6) is 8.04. The molecule has 15 heavy (non-hydrogen) atoms. The van der Waals surface area contributed by atoms with Crippen LogP contribution in [0.4, 0.5) is 0 Å². The number of rotatable bonds is 2. The van der Waals surface area contributed by atoms with Crippen molar-refractivity contribution in [2.75, 3.05) is 0 Å². The van der Waals surface area contributed by atoms with E-state index in [9.17, 15) is 0 Å². The molecule has 0 saturated heterocycles. The molecule has 3 N–H and O–H groups in total. The van der Waals surface area contributed by atoms with E-state index in [1.807, 2.05) is 30.3 Å². The van der Waals surface area contributed by atoms with Crippen LogP contribution in [0, 0.1) is 12.3 Å². The molecule has 0 bridgehead atoms. The first-order chi connectivity index (χ1) is 7.36. The maximum absolute atomic E-state index is 5.41. The highest BCUT2D eigenvalue weighted by Crippen LogP contribution is 2.23. The number of nitrogens with one attached hydrogen (secondary N) is 1. The van der Waals surface area contributed by atoms with E-state index in [0.29, 0.717) is 0 Å². The predicted octanol–water partition coefficient (Wildman–Crippen LogP) is 1.98. The summed E-state index contributed by atoms with van der Waals surface area (Å²) in [6.45, 7) is 0. The second-order valence-corrected chi connectivity index (χ2v) is 3.33. The first-order valence-electron chi connectivity index (χ1n) is 4.76. The summed E-state index contributed by atoms with van der Waals surface area (Å²) in [6.07, 6.45) is 5.41. The smallest absolute Gasteiger partial charge is 0.107 e. The van der Waals surface area contributed by atoms with E-state index in [2.05, 4.69) is 23.5 Å². The number of benzene rings is 2. The van der Waals surface area contributed by atoms with Crippen molar-refractivity contribution >= 4 is 10.8 Å². The molecule has 0 aliphatic heterocycles. The second kappa shape index (κ2) is 4.14. The highest BCUT2D eigenvalue weighted by Gasteiger charge is 2.08. The molecule has 0 saturated carbocycles. The molecule has 0 aliphatic carbocycles. The number of hydrogen-bond donors (Lipinski definition) is 2. The predicted molar refractivity (Wildman–Crippen MR) is 62.8 cm³/mol. The third-order valence-corrected chi connectivity index (χ3v) is 2.47. The Morgan fingerprint density at radius 3 is 2.60 bits per heavy atom. The SMILES string of the molecule is C#CC(NN)c1cccc2ccccc12. The fraction of sp³-hybridized carbons (Fsp3) is 0.0769. The van der Waals surface area contributed by atoms with Gasteiger partial charge in [0.25, 0.3) is 0 Å². The first kappa shape index (κ1) is 9.72. The Kier molecular flexibility index (Phi) is 2.68. The summed E-state index contributed by atoms with van der Waals surface area (Å²) in [5.41, 5.74) is 3.66. The molecule has 0 aromatic heterocycles. The van der Waals surface area contributed by atoms with Gasteiger partial charge in [-0.3, -0.25) is 5.84 Å². The van der Waals surface area contributed by atoms with Crippen LogP contribution in [-0.2, 0) is 0 Å². The molecular formula is C13H12N2. The lowest BCUT2D eigenvalue weighted by Gasteiger charge is -2.12. The van der Waals surface area contributed by atoms with Crippen LogP contribution in [0.1, 0.15) is 11.6 Å². The van der Waals surface area contributed by atoms with E-state index in [-0.39, 0.29) is 6.04 Å². The van der Waals surface area contributed by atoms with Crippen molar-refractivity contribution in [3.8, 4) is 12.3 Å². The van der Waals surface area contributed by atoms with Gasteiger partial charge in [0.1, 0.15) is 6.04 Å². The van der Waals surface area contributed by atoms with Gasteiger partial charge in [0.2, 0.25) is 0 Å². The number of terminal acetylenes is 1. The van der Waals surface area contributed by atoms with Crippen molar-refractivity contribution in [2.45, 2.75) is 6.04 Å². The Labute approximate surface area is 89.1 Å². The van der Waals surface area contributed by atoms with Crippen molar-refractivity contribution in [1.29, 1.82) is 0 Å². The largest absolute Gasteiger partial charge is 0.270 e. The van der Waals surface area contributed by atoms with Gasteiger partial charge in [-0.1, -0.05) is 48.4 Å². The van der Waals surface area contributed by atoms with Crippen molar-refractivity contribution in [2.24, 2.45) is 5.84 Å². The van der Waals surface area contributed by atoms with Gasteiger partial charge in [-0.25, -0.2) is 5.43 Å². The Balaban J connectivity index is 2.66. The molecule has 0 radical (unpaired) electrons. The van der Waals surface area contributed by atoms with Gasteiger partial charge >= 0.3 is 0 Å². The zero-order chi connectivity index (χ0) is 10.7. The Bertz CT molecular complexity index is 506. The molecule has 0 fully saturated rings. The fourth-order valence-corrected chi connectivity index (χ4v) is 1.73. The van der Waals surface area contributed by atoms with Gasteiger partial charge in [0.15, 0.2) is 0 Å². The van der Waals surface area contributed by atoms with Crippen molar-refractivity contribution in [3.63, 3.8) is 0 Å². The average molecular weight is 196 g/mol. The van der Waals surface area contributed by atoms with E-state index >= 15 is 0 Å². The van der Waals surface area contributed by atoms with Gasteiger partial charge in [0, 0.05) is 0 Å². The van der Waals surface area contributed by atoms with Gasteiger partial charge < -0.3 is 0 Å². The summed E-state index contributed by atoms with van der Waals surface area (Å²) in [5, 5.41) is 2.31. The van der Waals surface area contributed by atoms with Gasteiger partial charge in [-0.15, -0.1) is 6.42 Å². The van der Waals surface area contributed by atoms with Crippen LogP contribution in [0.5, 0.6) is 0 Å². The van der Waals surface area contributed by atoms with Crippen LogP contribution in [0.2, 0.25) is 0 Å².